The first-order valence-electron chi connectivity index (χ1n) is 4.78. The molecule has 0 radical (unpaired) electrons. The van der Waals surface area contributed by atoms with Crippen LogP contribution in [0.5, 0.6) is 0 Å². The Morgan fingerprint density at radius 2 is 2.33 bits per heavy atom. The van der Waals surface area contributed by atoms with Gasteiger partial charge in [-0.15, -0.1) is 0 Å². The highest BCUT2D eigenvalue weighted by molar-refractivity contribution is 9.10. The predicted molar refractivity (Wildman–Crippen MR) is 67.2 cm³/mol. The minimum absolute atomic E-state index is 0.721. The fraction of sp³-hybridized carbons (Fsp3) is 0.300. The van der Waals surface area contributed by atoms with Gasteiger partial charge in [0.05, 0.1) is 17.9 Å². The Labute approximate surface area is 97.1 Å². The van der Waals surface area contributed by atoms with Crippen LogP contribution in [0.1, 0.15) is 5.56 Å². The second-order valence-electron chi connectivity index (χ2n) is 3.49. The van der Waals surface area contributed by atoms with E-state index in [1.165, 1.54) is 0 Å². The predicted octanol–water partition coefficient (Wildman–Crippen LogP) is 1.71. The van der Waals surface area contributed by atoms with Crippen LogP contribution in [0.25, 0.3) is 0 Å². The van der Waals surface area contributed by atoms with Gasteiger partial charge < -0.3 is 16.4 Å². The van der Waals surface area contributed by atoms with Gasteiger partial charge in [0, 0.05) is 11.0 Å². The van der Waals surface area contributed by atoms with Crippen molar-refractivity contribution >= 4 is 33.3 Å². The molecule has 1 aromatic rings. The number of nitrogen functional groups attached to an aromatic ring is 1. The highest BCUT2D eigenvalue weighted by atomic mass is 79.9. The van der Waals surface area contributed by atoms with Crippen LogP contribution in [0, 0.1) is 6.92 Å². The average molecular weight is 269 g/mol. The highest BCUT2D eigenvalue weighted by Crippen LogP contribution is 2.30. The quantitative estimate of drug-likeness (QED) is 0.680. The molecular weight excluding hydrogens is 256 g/mol. The summed E-state index contributed by atoms with van der Waals surface area (Å²) >= 11 is 3.48. The topological polar surface area (TPSA) is 62.4 Å². The van der Waals surface area contributed by atoms with Crippen LogP contribution in [0.3, 0.4) is 0 Å². The van der Waals surface area contributed by atoms with Gasteiger partial charge in [0.25, 0.3) is 0 Å². The zero-order valence-corrected chi connectivity index (χ0v) is 10.1. The number of aryl methyl sites for hydroxylation is 1. The Balaban J connectivity index is 2.27. The van der Waals surface area contributed by atoms with Gasteiger partial charge in [0.1, 0.15) is 0 Å². The van der Waals surface area contributed by atoms with E-state index < -0.39 is 0 Å². The van der Waals surface area contributed by atoms with Crippen molar-refractivity contribution in [1.29, 1.82) is 0 Å². The van der Waals surface area contributed by atoms with Crippen LogP contribution in [0.15, 0.2) is 21.6 Å². The molecule has 0 unspecified atom stereocenters. The number of benzene rings is 1. The number of hydrogen-bond acceptors (Lipinski definition) is 4. The van der Waals surface area contributed by atoms with Gasteiger partial charge in [-0.25, -0.2) is 0 Å². The fourth-order valence-corrected chi connectivity index (χ4v) is 2.19. The van der Waals surface area contributed by atoms with Gasteiger partial charge in [-0.1, -0.05) is 0 Å². The molecule has 15 heavy (non-hydrogen) atoms. The number of anilines is 2. The number of nitrogens with two attached hydrogens (primary N) is 1. The lowest BCUT2D eigenvalue weighted by Crippen LogP contribution is -2.26. The number of rotatable bonds is 1. The molecule has 0 saturated carbocycles. The first-order chi connectivity index (χ1) is 7.16. The Kier molecular flexibility index (Phi) is 2.81. The summed E-state index contributed by atoms with van der Waals surface area (Å²) in [5, 5.41) is 6.31. The van der Waals surface area contributed by atoms with Crippen LogP contribution < -0.4 is 16.4 Å². The largest absolute Gasteiger partial charge is 0.397 e. The second kappa shape index (κ2) is 4.10. The number of aliphatic imine (C=N–C) groups is 1. The number of halogens is 1. The zero-order chi connectivity index (χ0) is 10.8. The lowest BCUT2D eigenvalue weighted by molar-refractivity contribution is 0.959. The highest BCUT2D eigenvalue weighted by Gasteiger charge is 2.10. The van der Waals surface area contributed by atoms with Gasteiger partial charge in [0.15, 0.2) is 5.96 Å². The van der Waals surface area contributed by atoms with E-state index in [9.17, 15) is 0 Å². The summed E-state index contributed by atoms with van der Waals surface area (Å²) in [6.45, 7) is 3.70. The maximum atomic E-state index is 5.93. The Morgan fingerprint density at radius 1 is 1.53 bits per heavy atom. The first-order valence-corrected chi connectivity index (χ1v) is 5.57. The minimum atomic E-state index is 0.721. The second-order valence-corrected chi connectivity index (χ2v) is 4.35. The van der Waals surface area contributed by atoms with Crippen molar-refractivity contribution in [2.24, 2.45) is 4.99 Å². The molecule has 2 rings (SSSR count). The van der Waals surface area contributed by atoms with Gasteiger partial charge >= 0.3 is 0 Å². The van der Waals surface area contributed by atoms with Gasteiger partial charge in [-0.05, 0) is 40.5 Å². The lowest BCUT2D eigenvalue weighted by Gasteiger charge is -2.12. The van der Waals surface area contributed by atoms with E-state index in [4.69, 9.17) is 5.73 Å². The maximum Gasteiger partial charge on any atom is 0.196 e. The number of guanidine groups is 1. The molecule has 1 heterocycles. The van der Waals surface area contributed by atoms with Gasteiger partial charge in [-0.3, -0.25) is 4.99 Å². The van der Waals surface area contributed by atoms with Crippen molar-refractivity contribution in [1.82, 2.24) is 5.32 Å². The van der Waals surface area contributed by atoms with Gasteiger partial charge in [-0.2, -0.15) is 0 Å². The Hall–Kier alpha value is -1.23. The van der Waals surface area contributed by atoms with E-state index in [-0.39, 0.29) is 0 Å². The number of nitrogens with zero attached hydrogens (tertiary/aromatic N) is 1. The molecule has 0 bridgehead atoms. The summed E-state index contributed by atoms with van der Waals surface area (Å²) in [7, 11) is 0. The monoisotopic (exact) mass is 268 g/mol. The molecular formula is C10H13BrN4. The van der Waals surface area contributed by atoms with Gasteiger partial charge in [0.2, 0.25) is 0 Å². The Morgan fingerprint density at radius 3 is 2.93 bits per heavy atom. The molecule has 0 atom stereocenters. The van der Waals surface area contributed by atoms with Crippen molar-refractivity contribution in [3.63, 3.8) is 0 Å². The van der Waals surface area contributed by atoms with Crippen molar-refractivity contribution in [2.45, 2.75) is 6.92 Å². The maximum absolute atomic E-state index is 5.93. The zero-order valence-electron chi connectivity index (χ0n) is 8.47. The summed E-state index contributed by atoms with van der Waals surface area (Å²) in [6.07, 6.45) is 0. The molecule has 0 saturated heterocycles. The average Bonchev–Trinajstić information content (AvgIpc) is 2.63. The molecule has 0 aliphatic carbocycles. The Bertz CT molecular complexity index is 391. The smallest absolute Gasteiger partial charge is 0.196 e. The summed E-state index contributed by atoms with van der Waals surface area (Å²) < 4.78 is 0.955. The third kappa shape index (κ3) is 2.23. The number of nitrogens with one attached hydrogen (secondary N) is 2. The SMILES string of the molecule is Cc1cc(N)c(NC2=NCCN2)c(Br)c1. The third-order valence-electron chi connectivity index (χ3n) is 2.18. The fourth-order valence-electron chi connectivity index (χ4n) is 1.50. The van der Waals surface area contributed by atoms with Crippen LogP contribution in [0.2, 0.25) is 0 Å². The molecule has 1 aliphatic heterocycles. The molecule has 0 spiro atoms. The molecule has 1 aromatic carbocycles. The lowest BCUT2D eigenvalue weighted by atomic mass is 10.2. The normalized spacial score (nSPS) is 14.7. The van der Waals surface area contributed by atoms with E-state index >= 15 is 0 Å². The summed E-state index contributed by atoms with van der Waals surface area (Å²) in [6, 6.07) is 3.96. The minimum Gasteiger partial charge on any atom is -0.397 e. The molecule has 4 nitrogen and oxygen atoms in total. The molecule has 0 amide bonds. The van der Waals surface area contributed by atoms with E-state index in [1.54, 1.807) is 0 Å². The number of hydrogen-bond donors (Lipinski definition) is 3. The first kappa shape index (κ1) is 10.3. The van der Waals surface area contributed by atoms with Crippen molar-refractivity contribution in [3.8, 4) is 0 Å². The van der Waals surface area contributed by atoms with E-state index in [0.29, 0.717) is 0 Å². The van der Waals surface area contributed by atoms with E-state index in [1.807, 2.05) is 19.1 Å². The van der Waals surface area contributed by atoms with Crippen molar-refractivity contribution in [3.05, 3.63) is 22.2 Å². The van der Waals surface area contributed by atoms with Crippen LogP contribution in [-0.2, 0) is 0 Å². The summed E-state index contributed by atoms with van der Waals surface area (Å²) in [5.74, 6) is 0.784. The molecule has 80 valence electrons. The summed E-state index contributed by atoms with van der Waals surface area (Å²) in [5.41, 5.74) is 8.65. The molecule has 0 aromatic heterocycles. The third-order valence-corrected chi connectivity index (χ3v) is 2.81. The summed E-state index contributed by atoms with van der Waals surface area (Å²) in [4.78, 5) is 4.25. The van der Waals surface area contributed by atoms with Crippen molar-refractivity contribution < 1.29 is 0 Å². The van der Waals surface area contributed by atoms with Crippen molar-refractivity contribution in [2.75, 3.05) is 24.1 Å². The van der Waals surface area contributed by atoms with E-state index in [0.717, 1.165) is 40.5 Å². The van der Waals surface area contributed by atoms with Crippen LogP contribution in [-0.4, -0.2) is 19.0 Å². The van der Waals surface area contributed by atoms with Crippen LogP contribution >= 0.6 is 15.9 Å². The standard InChI is InChI=1S/C10H13BrN4/c1-6-4-7(11)9(8(12)5-6)15-10-13-2-3-14-10/h4-5H,2-3,12H2,1H3,(H2,13,14,15). The van der Waals surface area contributed by atoms with E-state index in [2.05, 4.69) is 31.6 Å². The molecule has 4 N–H and O–H groups in total. The van der Waals surface area contributed by atoms with Crippen LogP contribution in [0.4, 0.5) is 11.4 Å². The molecule has 1 aliphatic rings. The molecule has 0 fully saturated rings. The molecule has 5 heteroatoms.